The Balaban J connectivity index is 1.87. The minimum Gasteiger partial charge on any atom is -0.461 e. The number of hydrogen-bond acceptors (Lipinski definition) is 5. The van der Waals surface area contributed by atoms with Gasteiger partial charge in [0.1, 0.15) is 0 Å². The highest BCUT2D eigenvalue weighted by Crippen LogP contribution is 2.22. The highest BCUT2D eigenvalue weighted by molar-refractivity contribution is 5.51. The van der Waals surface area contributed by atoms with Crippen LogP contribution in [-0.4, -0.2) is 10.1 Å². The van der Waals surface area contributed by atoms with Crippen LogP contribution in [0.3, 0.4) is 0 Å². The maximum Gasteiger partial charge on any atom is 0.238 e. The Morgan fingerprint density at radius 2 is 2.05 bits per heavy atom. The van der Waals surface area contributed by atoms with E-state index >= 15 is 0 Å². The van der Waals surface area contributed by atoms with Gasteiger partial charge in [0.15, 0.2) is 5.76 Å². The number of rotatable bonds is 3. The van der Waals surface area contributed by atoms with E-state index in [4.69, 9.17) is 14.7 Å². The van der Waals surface area contributed by atoms with Crippen LogP contribution in [0.25, 0.3) is 11.6 Å². The molecule has 96 valence electrons. The summed E-state index contributed by atoms with van der Waals surface area (Å²) in [5.74, 6) is 1.62. The van der Waals surface area contributed by atoms with Crippen molar-refractivity contribution in [1.29, 1.82) is 0 Å². The van der Waals surface area contributed by atoms with E-state index in [9.17, 15) is 0 Å². The molecule has 0 unspecified atom stereocenters. The van der Waals surface area contributed by atoms with Crippen LogP contribution in [0.5, 0.6) is 0 Å². The van der Waals surface area contributed by atoms with E-state index in [-0.39, 0.29) is 0 Å². The van der Waals surface area contributed by atoms with Crippen LogP contribution < -0.4 is 5.73 Å². The van der Waals surface area contributed by atoms with E-state index in [1.165, 1.54) is 0 Å². The number of hydrogen-bond donors (Lipinski definition) is 1. The van der Waals surface area contributed by atoms with Crippen molar-refractivity contribution in [2.24, 2.45) is 0 Å². The van der Waals surface area contributed by atoms with E-state index in [1.54, 1.807) is 6.26 Å². The van der Waals surface area contributed by atoms with Gasteiger partial charge in [-0.05, 0) is 30.2 Å². The number of aromatic nitrogens is 2. The second-order valence-electron chi connectivity index (χ2n) is 4.32. The molecule has 2 aromatic heterocycles. The predicted molar refractivity (Wildman–Crippen MR) is 70.4 cm³/mol. The summed E-state index contributed by atoms with van der Waals surface area (Å²) >= 11 is 0. The molecule has 0 bridgehead atoms. The molecule has 2 heterocycles. The van der Waals surface area contributed by atoms with Crippen molar-refractivity contribution in [2.75, 3.05) is 5.73 Å². The van der Waals surface area contributed by atoms with Crippen molar-refractivity contribution < 1.29 is 8.94 Å². The lowest BCUT2D eigenvalue weighted by Crippen LogP contribution is -1.95. The van der Waals surface area contributed by atoms with Crippen molar-refractivity contribution in [3.63, 3.8) is 0 Å². The number of nitrogens with two attached hydrogens (primary N) is 1. The first-order chi connectivity index (χ1) is 9.24. The van der Waals surface area contributed by atoms with Crippen molar-refractivity contribution in [3.8, 4) is 11.6 Å². The van der Waals surface area contributed by atoms with Crippen molar-refractivity contribution in [1.82, 2.24) is 10.1 Å². The molecular weight excluding hydrogens is 242 g/mol. The average molecular weight is 255 g/mol. The fourth-order valence-electron chi connectivity index (χ4n) is 1.88. The number of para-hydroxylation sites is 1. The Morgan fingerprint density at radius 1 is 1.21 bits per heavy atom. The Kier molecular flexibility index (Phi) is 2.79. The van der Waals surface area contributed by atoms with E-state index < -0.39 is 0 Å². The SMILES string of the molecule is Cc1ccoc1-c1noc(Cc2ccccc2N)n1. The minimum absolute atomic E-state index is 0.465. The molecule has 0 radical (unpaired) electrons. The number of nitrogens with zero attached hydrogens (tertiary/aromatic N) is 2. The number of furan rings is 1. The number of benzene rings is 1. The van der Waals surface area contributed by atoms with E-state index in [0.29, 0.717) is 23.9 Å². The summed E-state index contributed by atoms with van der Waals surface area (Å²) < 4.78 is 10.6. The Bertz CT molecular complexity index is 700. The van der Waals surface area contributed by atoms with E-state index in [0.717, 1.165) is 16.8 Å². The molecule has 5 nitrogen and oxygen atoms in total. The first-order valence-electron chi connectivity index (χ1n) is 5.94. The molecule has 0 aliphatic rings. The zero-order valence-electron chi connectivity index (χ0n) is 10.5. The standard InChI is InChI=1S/C14H13N3O2/c1-9-6-7-18-13(9)14-16-12(19-17-14)8-10-4-2-3-5-11(10)15/h2-7H,8,15H2,1H3. The monoisotopic (exact) mass is 255 g/mol. The molecule has 0 amide bonds. The molecule has 3 rings (SSSR count). The van der Waals surface area contributed by atoms with Crippen LogP contribution in [0, 0.1) is 6.92 Å². The van der Waals surface area contributed by atoms with E-state index in [1.807, 2.05) is 37.3 Å². The van der Waals surface area contributed by atoms with Crippen molar-refractivity contribution >= 4 is 5.69 Å². The van der Waals surface area contributed by atoms with E-state index in [2.05, 4.69) is 10.1 Å². The second-order valence-corrected chi connectivity index (χ2v) is 4.32. The molecule has 19 heavy (non-hydrogen) atoms. The second kappa shape index (κ2) is 4.61. The molecule has 0 fully saturated rings. The number of anilines is 1. The minimum atomic E-state index is 0.465. The van der Waals surface area contributed by atoms with Gasteiger partial charge in [0, 0.05) is 5.69 Å². The quantitative estimate of drug-likeness (QED) is 0.728. The van der Waals surface area contributed by atoms with Crippen molar-refractivity contribution in [3.05, 3.63) is 53.6 Å². The van der Waals surface area contributed by atoms with Gasteiger partial charge in [0.25, 0.3) is 0 Å². The summed E-state index contributed by atoms with van der Waals surface area (Å²) in [5.41, 5.74) is 8.55. The van der Waals surface area contributed by atoms with Gasteiger partial charge in [0.2, 0.25) is 11.7 Å². The molecule has 0 spiro atoms. The summed E-state index contributed by atoms with van der Waals surface area (Å²) in [7, 11) is 0. The summed E-state index contributed by atoms with van der Waals surface area (Å²) in [4.78, 5) is 4.32. The fraction of sp³-hybridized carbons (Fsp3) is 0.143. The van der Waals surface area contributed by atoms with Crippen LogP contribution >= 0.6 is 0 Å². The van der Waals surface area contributed by atoms with Crippen LogP contribution in [0.2, 0.25) is 0 Å². The summed E-state index contributed by atoms with van der Waals surface area (Å²) in [5, 5.41) is 3.92. The molecular formula is C14H13N3O2. The first-order valence-corrected chi connectivity index (χ1v) is 5.94. The predicted octanol–water partition coefficient (Wildman–Crippen LogP) is 2.81. The maximum absolute atomic E-state index is 5.89. The Morgan fingerprint density at radius 3 is 2.79 bits per heavy atom. The van der Waals surface area contributed by atoms with Gasteiger partial charge in [-0.15, -0.1) is 0 Å². The summed E-state index contributed by atoms with van der Waals surface area (Å²) in [6.45, 7) is 1.93. The third-order valence-corrected chi connectivity index (χ3v) is 2.93. The topological polar surface area (TPSA) is 78.1 Å². The molecule has 0 saturated heterocycles. The zero-order valence-corrected chi connectivity index (χ0v) is 10.5. The lowest BCUT2D eigenvalue weighted by atomic mass is 10.1. The highest BCUT2D eigenvalue weighted by atomic mass is 16.5. The van der Waals surface area contributed by atoms with Crippen LogP contribution in [-0.2, 0) is 6.42 Å². The van der Waals surface area contributed by atoms with Crippen molar-refractivity contribution in [2.45, 2.75) is 13.3 Å². The first kappa shape index (κ1) is 11.5. The van der Waals surface area contributed by atoms with Gasteiger partial charge in [-0.2, -0.15) is 4.98 Å². The molecule has 1 aromatic carbocycles. The lowest BCUT2D eigenvalue weighted by Gasteiger charge is -2.00. The molecule has 2 N–H and O–H groups in total. The average Bonchev–Trinajstić information content (AvgIpc) is 3.01. The largest absolute Gasteiger partial charge is 0.461 e. The molecule has 0 aliphatic heterocycles. The van der Waals surface area contributed by atoms with Crippen LogP contribution in [0.4, 0.5) is 5.69 Å². The highest BCUT2D eigenvalue weighted by Gasteiger charge is 2.14. The number of aryl methyl sites for hydroxylation is 1. The molecule has 0 saturated carbocycles. The van der Waals surface area contributed by atoms with Gasteiger partial charge < -0.3 is 14.7 Å². The van der Waals surface area contributed by atoms with Crippen LogP contribution in [0.1, 0.15) is 17.0 Å². The smallest absolute Gasteiger partial charge is 0.238 e. The van der Waals surface area contributed by atoms with Gasteiger partial charge in [-0.3, -0.25) is 0 Å². The van der Waals surface area contributed by atoms with Crippen LogP contribution in [0.15, 0.2) is 45.5 Å². The van der Waals surface area contributed by atoms with Gasteiger partial charge >= 0.3 is 0 Å². The third-order valence-electron chi connectivity index (χ3n) is 2.93. The van der Waals surface area contributed by atoms with Gasteiger partial charge in [-0.1, -0.05) is 23.4 Å². The zero-order chi connectivity index (χ0) is 13.2. The fourth-order valence-corrected chi connectivity index (χ4v) is 1.88. The summed E-state index contributed by atoms with van der Waals surface area (Å²) in [6.07, 6.45) is 2.12. The Hall–Kier alpha value is -2.56. The molecule has 3 aromatic rings. The number of nitrogen functional groups attached to an aromatic ring is 1. The third kappa shape index (κ3) is 2.22. The lowest BCUT2D eigenvalue weighted by molar-refractivity contribution is 0.384. The molecule has 5 heteroatoms. The maximum atomic E-state index is 5.89. The summed E-state index contributed by atoms with van der Waals surface area (Å²) in [6, 6.07) is 9.48. The normalized spacial score (nSPS) is 10.8. The Labute approximate surface area is 110 Å². The molecule has 0 aliphatic carbocycles. The van der Waals surface area contributed by atoms with Gasteiger partial charge in [-0.25, -0.2) is 0 Å². The van der Waals surface area contributed by atoms with Gasteiger partial charge in [0.05, 0.1) is 12.7 Å². The molecule has 0 atom stereocenters.